The van der Waals surface area contributed by atoms with Gasteiger partial charge in [0.05, 0.1) is 5.75 Å². The second-order valence-electron chi connectivity index (χ2n) is 4.09. The number of carbonyl (C=O) groups excluding carboxylic acids is 1. The Morgan fingerprint density at radius 3 is 2.41 bits per heavy atom. The van der Waals surface area contributed by atoms with Crippen LogP contribution in [0, 0.1) is 0 Å². The van der Waals surface area contributed by atoms with Crippen molar-refractivity contribution < 1.29 is 13.2 Å². The zero-order chi connectivity index (χ0) is 13.5. The number of amides is 1. The Morgan fingerprint density at radius 1 is 1.35 bits per heavy atom. The molecule has 6 heteroatoms. The molecule has 0 saturated carbocycles. The molecule has 0 aliphatic heterocycles. The fraction of sp³-hybridized carbons (Fsp3) is 0.727. The topological polar surface area (TPSA) is 66.5 Å². The number of carbonyl (C=O) groups is 1. The van der Waals surface area contributed by atoms with Crippen molar-refractivity contribution in [1.82, 2.24) is 9.62 Å². The monoisotopic (exact) mass is 262 g/mol. The molecule has 0 heterocycles. The van der Waals surface area contributed by atoms with E-state index in [9.17, 15) is 13.2 Å². The fourth-order valence-electron chi connectivity index (χ4n) is 1.19. The molecule has 17 heavy (non-hydrogen) atoms. The van der Waals surface area contributed by atoms with E-state index in [2.05, 4.69) is 5.32 Å². The van der Waals surface area contributed by atoms with Gasteiger partial charge in [0.15, 0.2) is 0 Å². The van der Waals surface area contributed by atoms with Gasteiger partial charge in [-0.25, -0.2) is 12.7 Å². The van der Waals surface area contributed by atoms with Gasteiger partial charge >= 0.3 is 0 Å². The highest BCUT2D eigenvalue weighted by atomic mass is 32.2. The zero-order valence-corrected chi connectivity index (χ0v) is 11.8. The lowest BCUT2D eigenvalue weighted by atomic mass is 10.3. The summed E-state index contributed by atoms with van der Waals surface area (Å²) >= 11 is 0. The molecular weight excluding hydrogens is 240 g/mol. The molecule has 0 fully saturated rings. The second kappa shape index (κ2) is 7.45. The number of nitrogens with one attached hydrogen (secondary N) is 1. The molecule has 0 aromatic rings. The first-order valence-corrected chi connectivity index (χ1v) is 7.27. The maximum Gasteiger partial charge on any atom is 0.243 e. The minimum atomic E-state index is -3.11. The third-order valence-corrected chi connectivity index (χ3v) is 4.07. The predicted molar refractivity (Wildman–Crippen MR) is 69.1 cm³/mol. The number of sulfonamides is 1. The first kappa shape index (κ1) is 16.1. The molecule has 5 nitrogen and oxygen atoms in total. The summed E-state index contributed by atoms with van der Waals surface area (Å²) in [6.45, 7) is 6.21. The normalized spacial score (nSPS) is 11.4. The van der Waals surface area contributed by atoms with Gasteiger partial charge in [-0.15, -0.1) is 0 Å². The Kier molecular flexibility index (Phi) is 7.06. The molecule has 0 spiro atoms. The molecule has 0 bridgehead atoms. The van der Waals surface area contributed by atoms with Crippen molar-refractivity contribution in [3.63, 3.8) is 0 Å². The second-order valence-corrected chi connectivity index (χ2v) is 6.45. The molecule has 0 radical (unpaired) electrons. The number of allylic oxidation sites excluding steroid dienone is 1. The maximum absolute atomic E-state index is 11.4. The molecule has 0 atom stereocenters. The number of nitrogens with zero attached hydrogens (tertiary/aromatic N) is 1. The first-order chi connectivity index (χ1) is 7.79. The van der Waals surface area contributed by atoms with Gasteiger partial charge in [-0.05, 0) is 27.2 Å². The average molecular weight is 262 g/mol. The van der Waals surface area contributed by atoms with E-state index in [1.54, 1.807) is 14.0 Å². The van der Waals surface area contributed by atoms with E-state index in [4.69, 9.17) is 0 Å². The smallest absolute Gasteiger partial charge is 0.243 e. The standard InChI is InChI=1S/C11H22N2O3S/c1-5-17(15,16)13(4)8-6-7-12-11(14)9-10(2)3/h9H,5-8H2,1-4H3,(H,12,14). The van der Waals surface area contributed by atoms with Crippen LogP contribution in [0.25, 0.3) is 0 Å². The van der Waals surface area contributed by atoms with Crippen LogP contribution in [-0.2, 0) is 14.8 Å². The molecule has 1 amide bonds. The van der Waals surface area contributed by atoms with Crippen molar-refractivity contribution >= 4 is 15.9 Å². The maximum atomic E-state index is 11.4. The van der Waals surface area contributed by atoms with Crippen LogP contribution in [0.2, 0.25) is 0 Å². The first-order valence-electron chi connectivity index (χ1n) is 5.66. The molecule has 100 valence electrons. The Hall–Kier alpha value is -0.880. The van der Waals surface area contributed by atoms with E-state index in [-0.39, 0.29) is 11.7 Å². The summed E-state index contributed by atoms with van der Waals surface area (Å²) in [6, 6.07) is 0. The van der Waals surface area contributed by atoms with E-state index in [1.165, 1.54) is 10.4 Å². The highest BCUT2D eigenvalue weighted by Gasteiger charge is 2.13. The summed E-state index contributed by atoms with van der Waals surface area (Å²) in [6.07, 6.45) is 2.13. The molecule has 0 rings (SSSR count). The van der Waals surface area contributed by atoms with Crippen molar-refractivity contribution in [2.45, 2.75) is 27.2 Å². The lowest BCUT2D eigenvalue weighted by Crippen LogP contribution is -2.32. The Balaban J connectivity index is 3.87. The van der Waals surface area contributed by atoms with Gasteiger partial charge < -0.3 is 5.32 Å². The van der Waals surface area contributed by atoms with E-state index < -0.39 is 10.0 Å². The number of hydrogen-bond acceptors (Lipinski definition) is 3. The SMILES string of the molecule is CCS(=O)(=O)N(C)CCCNC(=O)C=C(C)C. The number of rotatable bonds is 7. The lowest BCUT2D eigenvalue weighted by Gasteiger charge is -2.15. The molecule has 0 unspecified atom stereocenters. The van der Waals surface area contributed by atoms with Crippen LogP contribution in [-0.4, -0.2) is 44.5 Å². The quantitative estimate of drug-likeness (QED) is 0.543. The largest absolute Gasteiger partial charge is 0.353 e. The fourth-order valence-corrected chi connectivity index (χ4v) is 2.03. The van der Waals surface area contributed by atoms with Crippen molar-refractivity contribution in [1.29, 1.82) is 0 Å². The summed E-state index contributed by atoms with van der Waals surface area (Å²) in [4.78, 5) is 11.2. The van der Waals surface area contributed by atoms with E-state index in [0.29, 0.717) is 19.5 Å². The molecule has 0 aromatic heterocycles. The Labute approximate surface area is 104 Å². The summed E-state index contributed by atoms with van der Waals surface area (Å²) in [5.41, 5.74) is 0.938. The van der Waals surface area contributed by atoms with E-state index in [0.717, 1.165) is 5.57 Å². The van der Waals surface area contributed by atoms with Gasteiger partial charge in [-0.3, -0.25) is 4.79 Å². The van der Waals surface area contributed by atoms with Gasteiger partial charge in [0.25, 0.3) is 0 Å². The third kappa shape index (κ3) is 7.12. The van der Waals surface area contributed by atoms with Crippen LogP contribution in [0.1, 0.15) is 27.2 Å². The molecule has 0 aliphatic rings. The Morgan fingerprint density at radius 2 is 1.94 bits per heavy atom. The van der Waals surface area contributed by atoms with Crippen LogP contribution in [0.5, 0.6) is 0 Å². The number of hydrogen-bond donors (Lipinski definition) is 1. The minimum Gasteiger partial charge on any atom is -0.353 e. The summed E-state index contributed by atoms with van der Waals surface area (Å²) < 4.78 is 24.1. The van der Waals surface area contributed by atoms with Crippen molar-refractivity contribution in [3.8, 4) is 0 Å². The van der Waals surface area contributed by atoms with Gasteiger partial charge in [0, 0.05) is 26.2 Å². The van der Waals surface area contributed by atoms with Crippen LogP contribution >= 0.6 is 0 Å². The highest BCUT2D eigenvalue weighted by Crippen LogP contribution is 1.98. The highest BCUT2D eigenvalue weighted by molar-refractivity contribution is 7.89. The minimum absolute atomic E-state index is 0.105. The van der Waals surface area contributed by atoms with Crippen LogP contribution in [0.15, 0.2) is 11.6 Å². The van der Waals surface area contributed by atoms with Gasteiger partial charge in [0.1, 0.15) is 0 Å². The summed E-state index contributed by atoms with van der Waals surface area (Å²) in [7, 11) is -1.56. The van der Waals surface area contributed by atoms with Crippen molar-refractivity contribution in [2.75, 3.05) is 25.9 Å². The van der Waals surface area contributed by atoms with Crippen molar-refractivity contribution in [2.24, 2.45) is 0 Å². The van der Waals surface area contributed by atoms with E-state index >= 15 is 0 Å². The van der Waals surface area contributed by atoms with Gasteiger partial charge in [-0.1, -0.05) is 5.57 Å². The summed E-state index contributed by atoms with van der Waals surface area (Å²) in [5, 5.41) is 2.70. The lowest BCUT2D eigenvalue weighted by molar-refractivity contribution is -0.116. The average Bonchev–Trinajstić information content (AvgIpc) is 2.23. The zero-order valence-electron chi connectivity index (χ0n) is 11.0. The van der Waals surface area contributed by atoms with Gasteiger partial charge in [-0.2, -0.15) is 0 Å². The summed E-state index contributed by atoms with van der Waals surface area (Å²) in [5.74, 6) is -0.0285. The predicted octanol–water partition coefficient (Wildman–Crippen LogP) is 0.740. The Bertz CT molecular complexity index is 370. The van der Waals surface area contributed by atoms with Crippen molar-refractivity contribution in [3.05, 3.63) is 11.6 Å². The van der Waals surface area contributed by atoms with Gasteiger partial charge in [0.2, 0.25) is 15.9 Å². The molecule has 1 N–H and O–H groups in total. The molecular formula is C11H22N2O3S. The van der Waals surface area contributed by atoms with E-state index in [1.807, 2.05) is 13.8 Å². The van der Waals surface area contributed by atoms with Crippen LogP contribution in [0.3, 0.4) is 0 Å². The van der Waals surface area contributed by atoms with Crippen LogP contribution in [0.4, 0.5) is 0 Å². The molecule has 0 aromatic carbocycles. The molecule has 0 aliphatic carbocycles. The van der Waals surface area contributed by atoms with Crippen LogP contribution < -0.4 is 5.32 Å². The third-order valence-electron chi connectivity index (χ3n) is 2.21. The molecule has 0 saturated heterocycles.